The van der Waals surface area contributed by atoms with Crippen LogP contribution < -0.4 is 5.32 Å². The van der Waals surface area contributed by atoms with Crippen LogP contribution in [0.5, 0.6) is 0 Å². The van der Waals surface area contributed by atoms with Gasteiger partial charge in [-0.3, -0.25) is 4.79 Å². The van der Waals surface area contributed by atoms with Crippen molar-refractivity contribution in [2.75, 3.05) is 5.32 Å². The molecule has 1 amide bonds. The van der Waals surface area contributed by atoms with Gasteiger partial charge in [-0.2, -0.15) is 9.61 Å². The van der Waals surface area contributed by atoms with Gasteiger partial charge in [0, 0.05) is 16.8 Å². The standard InChI is InChI=1S/C20H11Cl2N5O2S/c21-14-6-2-5-13(17(14)22)15-7-8-16(29-15)18(28)24-12-4-1-3-11(9-12)19-26-27-10-23-25-20(27)30-19/h1-10H,(H,24,28). The van der Waals surface area contributed by atoms with Crippen LogP contribution in [0.4, 0.5) is 5.69 Å². The second kappa shape index (κ2) is 7.56. The van der Waals surface area contributed by atoms with Gasteiger partial charge in [-0.15, -0.1) is 10.2 Å². The Morgan fingerprint density at radius 1 is 1.10 bits per heavy atom. The lowest BCUT2D eigenvalue weighted by atomic mass is 10.2. The number of carbonyl (C=O) groups excluding carboxylic acids is 1. The molecule has 5 rings (SSSR count). The summed E-state index contributed by atoms with van der Waals surface area (Å²) >= 11 is 13.7. The third-order valence-corrected chi connectivity index (χ3v) is 6.08. The van der Waals surface area contributed by atoms with E-state index in [0.29, 0.717) is 32.0 Å². The molecule has 0 fully saturated rings. The topological polar surface area (TPSA) is 85.3 Å². The predicted octanol–water partition coefficient (Wildman–Crippen LogP) is 5.67. The van der Waals surface area contributed by atoms with Gasteiger partial charge in [-0.05, 0) is 36.4 Å². The van der Waals surface area contributed by atoms with Crippen LogP contribution in [-0.2, 0) is 0 Å². The number of nitrogens with zero attached hydrogens (tertiary/aromatic N) is 4. The smallest absolute Gasteiger partial charge is 0.291 e. The molecule has 0 radical (unpaired) electrons. The number of aromatic nitrogens is 4. The number of halogens is 2. The minimum Gasteiger partial charge on any atom is -0.451 e. The van der Waals surface area contributed by atoms with Crippen LogP contribution in [0.3, 0.4) is 0 Å². The highest BCUT2D eigenvalue weighted by Crippen LogP contribution is 2.34. The normalized spacial score (nSPS) is 11.1. The zero-order chi connectivity index (χ0) is 20.7. The molecule has 3 heterocycles. The molecule has 0 saturated heterocycles. The van der Waals surface area contributed by atoms with Crippen LogP contribution in [0, 0.1) is 0 Å². The summed E-state index contributed by atoms with van der Waals surface area (Å²) in [5.41, 5.74) is 2.09. The Labute approximate surface area is 183 Å². The summed E-state index contributed by atoms with van der Waals surface area (Å²) in [5.74, 6) is 0.237. The average molecular weight is 456 g/mol. The number of anilines is 1. The zero-order valence-corrected chi connectivity index (χ0v) is 17.4. The van der Waals surface area contributed by atoms with Crippen molar-refractivity contribution < 1.29 is 9.21 Å². The summed E-state index contributed by atoms with van der Waals surface area (Å²) in [6, 6.07) is 15.9. The van der Waals surface area contributed by atoms with Gasteiger partial charge < -0.3 is 9.73 Å². The maximum absolute atomic E-state index is 12.7. The SMILES string of the molecule is O=C(Nc1cccc(-c2nn3cnnc3s2)c1)c1ccc(-c2cccc(Cl)c2Cl)o1. The molecule has 30 heavy (non-hydrogen) atoms. The van der Waals surface area contributed by atoms with E-state index in [1.165, 1.54) is 11.3 Å². The number of nitrogens with one attached hydrogen (secondary N) is 1. The van der Waals surface area contributed by atoms with Crippen LogP contribution in [0.2, 0.25) is 10.0 Å². The highest BCUT2D eigenvalue weighted by atomic mass is 35.5. The summed E-state index contributed by atoms with van der Waals surface area (Å²) in [4.78, 5) is 13.4. The number of hydrogen-bond acceptors (Lipinski definition) is 6. The monoisotopic (exact) mass is 455 g/mol. The lowest BCUT2D eigenvalue weighted by Crippen LogP contribution is -2.10. The summed E-state index contributed by atoms with van der Waals surface area (Å²) in [5, 5.41) is 16.6. The molecule has 0 spiro atoms. The maximum atomic E-state index is 12.7. The van der Waals surface area contributed by atoms with Crippen LogP contribution in [-0.4, -0.2) is 25.7 Å². The Kier molecular flexibility index (Phi) is 4.74. The van der Waals surface area contributed by atoms with E-state index in [9.17, 15) is 4.79 Å². The number of furan rings is 1. The Bertz CT molecular complexity index is 1360. The number of rotatable bonds is 4. The number of fused-ring (bicyclic) bond motifs is 1. The van der Waals surface area contributed by atoms with E-state index in [2.05, 4.69) is 20.6 Å². The summed E-state index contributed by atoms with van der Waals surface area (Å²) in [6.45, 7) is 0. The molecule has 3 aromatic heterocycles. The van der Waals surface area contributed by atoms with Crippen molar-refractivity contribution in [2.45, 2.75) is 0 Å². The van der Waals surface area contributed by atoms with Gasteiger partial charge in [0.1, 0.15) is 17.1 Å². The third kappa shape index (κ3) is 3.45. The van der Waals surface area contributed by atoms with Gasteiger partial charge in [0.15, 0.2) is 5.76 Å². The van der Waals surface area contributed by atoms with Crippen LogP contribution in [0.25, 0.3) is 26.9 Å². The molecule has 7 nitrogen and oxygen atoms in total. The van der Waals surface area contributed by atoms with E-state index >= 15 is 0 Å². The van der Waals surface area contributed by atoms with Crippen molar-refractivity contribution in [1.29, 1.82) is 0 Å². The van der Waals surface area contributed by atoms with Crippen LogP contribution in [0.1, 0.15) is 10.6 Å². The highest BCUT2D eigenvalue weighted by Gasteiger charge is 2.16. The molecule has 0 aliphatic heterocycles. The van der Waals surface area contributed by atoms with Crippen LogP contribution >= 0.6 is 34.5 Å². The number of carbonyl (C=O) groups is 1. The van der Waals surface area contributed by atoms with E-state index in [4.69, 9.17) is 27.6 Å². The average Bonchev–Trinajstić information content (AvgIpc) is 3.46. The van der Waals surface area contributed by atoms with E-state index < -0.39 is 0 Å². The van der Waals surface area contributed by atoms with Gasteiger partial charge >= 0.3 is 0 Å². The van der Waals surface area contributed by atoms with E-state index in [1.807, 2.05) is 18.2 Å². The van der Waals surface area contributed by atoms with Crippen molar-refractivity contribution in [3.63, 3.8) is 0 Å². The van der Waals surface area contributed by atoms with Crippen molar-refractivity contribution >= 4 is 51.1 Å². The molecule has 1 N–H and O–H groups in total. The summed E-state index contributed by atoms with van der Waals surface area (Å²) in [7, 11) is 0. The predicted molar refractivity (Wildman–Crippen MR) is 116 cm³/mol. The van der Waals surface area contributed by atoms with Gasteiger partial charge in [-0.25, -0.2) is 0 Å². The molecule has 10 heteroatoms. The fraction of sp³-hybridized carbons (Fsp3) is 0. The lowest BCUT2D eigenvalue weighted by Gasteiger charge is -2.05. The van der Waals surface area contributed by atoms with Crippen molar-refractivity contribution in [3.8, 4) is 21.9 Å². The molecule has 0 bridgehead atoms. The first-order chi connectivity index (χ1) is 14.6. The van der Waals surface area contributed by atoms with Crippen molar-refractivity contribution in [1.82, 2.24) is 19.8 Å². The molecule has 0 aliphatic carbocycles. The lowest BCUT2D eigenvalue weighted by molar-refractivity contribution is 0.0997. The van der Waals surface area contributed by atoms with Gasteiger partial charge in [-0.1, -0.05) is 52.7 Å². The molecule has 2 aromatic carbocycles. The molecular formula is C20H11Cl2N5O2S. The Hall–Kier alpha value is -3.20. The largest absolute Gasteiger partial charge is 0.451 e. The molecule has 5 aromatic rings. The molecule has 0 aliphatic rings. The zero-order valence-electron chi connectivity index (χ0n) is 15.0. The molecule has 0 atom stereocenters. The van der Waals surface area contributed by atoms with Gasteiger partial charge in [0.05, 0.1) is 10.0 Å². The van der Waals surface area contributed by atoms with Crippen molar-refractivity contribution in [3.05, 3.63) is 76.7 Å². The fourth-order valence-electron chi connectivity index (χ4n) is 2.90. The molecule has 148 valence electrons. The summed E-state index contributed by atoms with van der Waals surface area (Å²) in [6.07, 6.45) is 1.54. The van der Waals surface area contributed by atoms with E-state index in [0.717, 1.165) is 10.6 Å². The maximum Gasteiger partial charge on any atom is 0.291 e. The minimum atomic E-state index is -0.380. The van der Waals surface area contributed by atoms with Crippen molar-refractivity contribution in [2.24, 2.45) is 0 Å². The first-order valence-electron chi connectivity index (χ1n) is 8.71. The Balaban J connectivity index is 1.38. The first kappa shape index (κ1) is 18.8. The summed E-state index contributed by atoms with van der Waals surface area (Å²) < 4.78 is 7.31. The molecule has 0 unspecified atom stereocenters. The third-order valence-electron chi connectivity index (χ3n) is 4.30. The van der Waals surface area contributed by atoms with E-state index in [-0.39, 0.29) is 11.7 Å². The molecular weight excluding hydrogens is 445 g/mol. The first-order valence-corrected chi connectivity index (χ1v) is 10.3. The fourth-order valence-corrected chi connectivity index (χ4v) is 4.11. The Morgan fingerprint density at radius 2 is 1.97 bits per heavy atom. The minimum absolute atomic E-state index is 0.158. The number of amides is 1. The molecule has 0 saturated carbocycles. The van der Waals surface area contributed by atoms with Gasteiger partial charge in [0.25, 0.3) is 5.91 Å². The quantitative estimate of drug-likeness (QED) is 0.377. The second-order valence-corrected chi connectivity index (χ2v) is 8.01. The number of benzene rings is 2. The van der Waals surface area contributed by atoms with Crippen LogP contribution in [0.15, 0.2) is 65.3 Å². The van der Waals surface area contributed by atoms with Gasteiger partial charge in [0.2, 0.25) is 4.96 Å². The second-order valence-electron chi connectivity index (χ2n) is 6.27. The Morgan fingerprint density at radius 3 is 2.83 bits per heavy atom. The highest BCUT2D eigenvalue weighted by molar-refractivity contribution is 7.19. The number of hydrogen-bond donors (Lipinski definition) is 1. The van der Waals surface area contributed by atoms with E-state index in [1.54, 1.807) is 47.2 Å².